The number of alkyl halides is 3. The van der Waals surface area contributed by atoms with Crippen LogP contribution in [0.15, 0.2) is 37.0 Å². The number of nitrogens with two attached hydrogens (primary N) is 1. The van der Waals surface area contributed by atoms with Crippen LogP contribution >= 0.6 is 0 Å². The summed E-state index contributed by atoms with van der Waals surface area (Å²) < 4.78 is 75.3. The smallest absolute Gasteiger partial charge is 0.364 e. The SMILES string of the molecule is C=Cc1c([C@@H]2[C@@H](C)[C@](C)(C(F)(F)F)O[C@H]2C(=O)Nc2ccnc(C(N)=O)c2)ccc(F)c1F. The fraction of sp³-hybridized carbons (Fsp3) is 0.318. The van der Waals surface area contributed by atoms with Crippen LogP contribution in [-0.2, 0) is 9.53 Å². The Hall–Kier alpha value is -3.34. The van der Waals surface area contributed by atoms with Gasteiger partial charge in [-0.25, -0.2) is 8.78 Å². The average molecular weight is 469 g/mol. The van der Waals surface area contributed by atoms with Crippen LogP contribution in [0, 0.1) is 17.6 Å². The molecular formula is C22H20F5N3O3. The summed E-state index contributed by atoms with van der Waals surface area (Å²) in [5.41, 5.74) is 1.83. The van der Waals surface area contributed by atoms with Gasteiger partial charge in [-0.1, -0.05) is 25.6 Å². The maximum atomic E-state index is 14.4. The van der Waals surface area contributed by atoms with Gasteiger partial charge < -0.3 is 15.8 Å². The molecule has 2 amide bonds. The van der Waals surface area contributed by atoms with Crippen LogP contribution < -0.4 is 11.1 Å². The Morgan fingerprint density at radius 2 is 1.94 bits per heavy atom. The summed E-state index contributed by atoms with van der Waals surface area (Å²) in [6.45, 7) is 5.43. The van der Waals surface area contributed by atoms with E-state index in [0.717, 1.165) is 31.2 Å². The first-order valence-electron chi connectivity index (χ1n) is 9.73. The van der Waals surface area contributed by atoms with Gasteiger partial charge in [-0.3, -0.25) is 14.6 Å². The van der Waals surface area contributed by atoms with E-state index in [1.54, 1.807) is 0 Å². The molecule has 3 rings (SSSR count). The highest BCUT2D eigenvalue weighted by Gasteiger charge is 2.65. The number of carbonyl (C=O) groups is 2. The fourth-order valence-electron chi connectivity index (χ4n) is 3.96. The zero-order chi connectivity index (χ0) is 24.7. The molecule has 2 aromatic rings. The topological polar surface area (TPSA) is 94.3 Å². The van der Waals surface area contributed by atoms with E-state index in [1.165, 1.54) is 19.2 Å². The number of nitrogens with one attached hydrogen (secondary N) is 1. The maximum absolute atomic E-state index is 14.4. The minimum atomic E-state index is -4.87. The summed E-state index contributed by atoms with van der Waals surface area (Å²) in [6.07, 6.45) is -4.46. The first-order chi connectivity index (χ1) is 15.3. The van der Waals surface area contributed by atoms with Gasteiger partial charge in [0.2, 0.25) is 0 Å². The molecule has 6 nitrogen and oxygen atoms in total. The Balaban J connectivity index is 2.08. The van der Waals surface area contributed by atoms with Crippen molar-refractivity contribution in [3.05, 3.63) is 65.5 Å². The van der Waals surface area contributed by atoms with Crippen molar-refractivity contribution >= 4 is 23.6 Å². The lowest BCUT2D eigenvalue weighted by atomic mass is 9.75. The lowest BCUT2D eigenvalue weighted by molar-refractivity contribution is -0.272. The molecule has 1 aromatic carbocycles. The molecule has 1 fully saturated rings. The van der Waals surface area contributed by atoms with Crippen molar-refractivity contribution in [2.45, 2.75) is 37.6 Å². The number of aromatic nitrogens is 1. The molecule has 1 aromatic heterocycles. The predicted octanol–water partition coefficient (Wildman–Crippen LogP) is 4.18. The first-order valence-corrected chi connectivity index (χ1v) is 9.73. The van der Waals surface area contributed by atoms with E-state index in [0.29, 0.717) is 0 Å². The molecule has 1 aliphatic rings. The van der Waals surface area contributed by atoms with E-state index in [1.807, 2.05) is 0 Å². The molecule has 33 heavy (non-hydrogen) atoms. The number of amides is 2. The Kier molecular flexibility index (Phi) is 6.29. The standard InChI is InChI=1S/C22H20F5N3O3/c1-4-12-13(5-6-14(23)17(12)24)16-10(2)21(3,22(25,26)27)33-18(16)20(32)30-11-7-8-29-15(9-11)19(28)31/h4-10,16,18H,1H2,2-3H3,(H2,28,31)(H,29,30,32)/t10-,16+,18-,21-/m1/s1. The molecule has 0 unspecified atom stereocenters. The van der Waals surface area contributed by atoms with Crippen molar-refractivity contribution in [2.75, 3.05) is 5.32 Å². The Labute approximate surface area is 185 Å². The lowest BCUT2D eigenvalue weighted by Crippen LogP contribution is -2.47. The predicted molar refractivity (Wildman–Crippen MR) is 109 cm³/mol. The third kappa shape index (κ3) is 4.20. The van der Waals surface area contributed by atoms with Crippen molar-refractivity contribution in [1.82, 2.24) is 4.98 Å². The van der Waals surface area contributed by atoms with Crippen LogP contribution in [0.4, 0.5) is 27.6 Å². The Morgan fingerprint density at radius 1 is 1.27 bits per heavy atom. The second-order valence-electron chi connectivity index (χ2n) is 7.81. The number of hydrogen-bond donors (Lipinski definition) is 2. The van der Waals surface area contributed by atoms with E-state index in [9.17, 15) is 31.5 Å². The van der Waals surface area contributed by atoms with Crippen LogP contribution in [0.2, 0.25) is 0 Å². The van der Waals surface area contributed by atoms with Gasteiger partial charge >= 0.3 is 6.18 Å². The Morgan fingerprint density at radius 3 is 2.52 bits per heavy atom. The molecule has 176 valence electrons. The number of hydrogen-bond acceptors (Lipinski definition) is 4. The highest BCUT2D eigenvalue weighted by molar-refractivity contribution is 5.97. The number of nitrogens with zero attached hydrogens (tertiary/aromatic N) is 1. The van der Waals surface area contributed by atoms with Gasteiger partial charge in [-0.05, 0) is 30.7 Å². The number of primary amides is 1. The molecule has 1 aliphatic heterocycles. The first kappa shape index (κ1) is 24.3. The molecule has 1 saturated heterocycles. The average Bonchev–Trinajstić information content (AvgIpc) is 3.02. The van der Waals surface area contributed by atoms with Gasteiger partial charge in [-0.15, -0.1) is 0 Å². The molecular weight excluding hydrogens is 449 g/mol. The summed E-state index contributed by atoms with van der Waals surface area (Å²) in [5, 5.41) is 2.38. The number of carbonyl (C=O) groups excluding carboxylic acids is 2. The van der Waals surface area contributed by atoms with Crippen molar-refractivity contribution in [3.63, 3.8) is 0 Å². The zero-order valence-corrected chi connectivity index (χ0v) is 17.5. The minimum Gasteiger partial charge on any atom is -0.364 e. The van der Waals surface area contributed by atoms with Crippen LogP contribution in [-0.4, -0.2) is 34.7 Å². The second-order valence-corrected chi connectivity index (χ2v) is 7.81. The molecule has 0 radical (unpaired) electrons. The van der Waals surface area contributed by atoms with Crippen molar-refractivity contribution in [1.29, 1.82) is 0 Å². The summed E-state index contributed by atoms with van der Waals surface area (Å²) in [5.74, 6) is -7.05. The zero-order valence-electron chi connectivity index (χ0n) is 17.5. The van der Waals surface area contributed by atoms with Gasteiger partial charge in [0.05, 0.1) is 0 Å². The number of benzene rings is 1. The van der Waals surface area contributed by atoms with Crippen molar-refractivity contribution in [3.8, 4) is 0 Å². The van der Waals surface area contributed by atoms with Crippen molar-refractivity contribution in [2.24, 2.45) is 11.7 Å². The van der Waals surface area contributed by atoms with E-state index in [-0.39, 0.29) is 22.5 Å². The number of pyridine rings is 1. The fourth-order valence-corrected chi connectivity index (χ4v) is 3.96. The van der Waals surface area contributed by atoms with Gasteiger partial charge in [0.15, 0.2) is 17.2 Å². The molecule has 3 N–H and O–H groups in total. The molecule has 0 saturated carbocycles. The molecule has 11 heteroatoms. The van der Waals surface area contributed by atoms with Crippen molar-refractivity contribution < 1.29 is 36.3 Å². The minimum absolute atomic E-state index is 0.0358. The highest BCUT2D eigenvalue weighted by atomic mass is 19.4. The highest BCUT2D eigenvalue weighted by Crippen LogP contribution is 2.54. The largest absolute Gasteiger partial charge is 0.417 e. The van der Waals surface area contributed by atoms with Gasteiger partial charge in [0.25, 0.3) is 11.8 Å². The summed E-state index contributed by atoms with van der Waals surface area (Å²) >= 11 is 0. The number of halogens is 5. The normalized spacial score (nSPS) is 25.0. The van der Waals surface area contributed by atoms with Gasteiger partial charge in [0, 0.05) is 29.3 Å². The molecule has 0 aliphatic carbocycles. The van der Waals surface area contributed by atoms with Crippen LogP contribution in [0.5, 0.6) is 0 Å². The summed E-state index contributed by atoms with van der Waals surface area (Å²) in [4.78, 5) is 28.1. The lowest BCUT2D eigenvalue weighted by Gasteiger charge is -2.32. The number of anilines is 1. The quantitative estimate of drug-likeness (QED) is 0.643. The van der Waals surface area contributed by atoms with E-state index >= 15 is 0 Å². The van der Waals surface area contributed by atoms with Crippen LogP contribution in [0.25, 0.3) is 6.08 Å². The van der Waals surface area contributed by atoms with E-state index in [2.05, 4.69) is 16.9 Å². The number of ether oxygens (including phenoxy) is 1. The summed E-state index contributed by atoms with van der Waals surface area (Å²) in [7, 11) is 0. The van der Waals surface area contributed by atoms with Gasteiger partial charge in [0.1, 0.15) is 11.8 Å². The second kappa shape index (κ2) is 8.54. The molecule has 0 bridgehead atoms. The Bertz CT molecular complexity index is 1120. The molecule has 4 atom stereocenters. The van der Waals surface area contributed by atoms with E-state index < -0.39 is 53.2 Å². The van der Waals surface area contributed by atoms with Crippen LogP contribution in [0.3, 0.4) is 0 Å². The maximum Gasteiger partial charge on any atom is 0.417 e. The van der Waals surface area contributed by atoms with Crippen LogP contribution in [0.1, 0.15) is 41.4 Å². The molecule has 0 spiro atoms. The molecule has 2 heterocycles. The van der Waals surface area contributed by atoms with E-state index in [4.69, 9.17) is 10.5 Å². The summed E-state index contributed by atoms with van der Waals surface area (Å²) in [6, 6.07) is 4.32. The van der Waals surface area contributed by atoms with Gasteiger partial charge in [-0.2, -0.15) is 13.2 Å². The monoisotopic (exact) mass is 469 g/mol. The third-order valence-corrected chi connectivity index (χ3v) is 5.94. The number of rotatable bonds is 5. The third-order valence-electron chi connectivity index (χ3n) is 5.94.